The summed E-state index contributed by atoms with van der Waals surface area (Å²) in [4.78, 5) is 29.8. The van der Waals surface area contributed by atoms with Gasteiger partial charge in [-0.25, -0.2) is 0 Å². The van der Waals surface area contributed by atoms with Crippen molar-refractivity contribution in [3.63, 3.8) is 0 Å². The summed E-state index contributed by atoms with van der Waals surface area (Å²) in [5.41, 5.74) is 7.55. The molecule has 3 heterocycles. The van der Waals surface area contributed by atoms with Crippen molar-refractivity contribution in [2.24, 2.45) is 5.73 Å². The minimum absolute atomic E-state index is 0.00588. The van der Waals surface area contributed by atoms with Gasteiger partial charge in [-0.2, -0.15) is 0 Å². The van der Waals surface area contributed by atoms with Crippen molar-refractivity contribution in [3.8, 4) is 0 Å². The number of rotatable bonds is 3. The Morgan fingerprint density at radius 3 is 2.56 bits per heavy atom. The number of hydrogen-bond donors (Lipinski definition) is 1. The smallest absolute Gasteiger partial charge is 0.252 e. The van der Waals surface area contributed by atoms with Gasteiger partial charge in [0.15, 0.2) is 0 Å². The van der Waals surface area contributed by atoms with Crippen molar-refractivity contribution >= 4 is 11.8 Å². The lowest BCUT2D eigenvalue weighted by Crippen LogP contribution is -2.55. The third-order valence-corrected chi connectivity index (χ3v) is 6.18. The predicted molar refractivity (Wildman–Crippen MR) is 102 cm³/mol. The Labute approximate surface area is 160 Å². The van der Waals surface area contributed by atoms with Gasteiger partial charge in [0.05, 0.1) is 0 Å². The fourth-order valence-electron chi connectivity index (χ4n) is 4.68. The highest BCUT2D eigenvalue weighted by Gasteiger charge is 2.42. The molecule has 2 unspecified atom stereocenters. The van der Waals surface area contributed by atoms with Crippen LogP contribution in [0.3, 0.4) is 0 Å². The van der Waals surface area contributed by atoms with E-state index in [2.05, 4.69) is 12.1 Å². The maximum atomic E-state index is 13.3. The summed E-state index contributed by atoms with van der Waals surface area (Å²) in [6, 6.07) is 9.73. The van der Waals surface area contributed by atoms with Gasteiger partial charge in [0.25, 0.3) is 5.91 Å². The number of nitrogens with two attached hydrogens (primary N) is 1. The SMILES string of the molecule is N[C@@H]1CN(C(=O)C2CCCCN2C(=O)C2CCCO2)C[C@H]1c1ccccc1. The molecular formula is C21H29N3O3. The molecule has 6 heteroatoms. The Balaban J connectivity index is 1.46. The van der Waals surface area contributed by atoms with E-state index in [4.69, 9.17) is 10.5 Å². The summed E-state index contributed by atoms with van der Waals surface area (Å²) in [5, 5.41) is 0. The number of hydrogen-bond acceptors (Lipinski definition) is 4. The molecule has 0 bridgehead atoms. The lowest BCUT2D eigenvalue weighted by Gasteiger charge is -2.38. The zero-order valence-electron chi connectivity index (χ0n) is 15.8. The second kappa shape index (κ2) is 7.98. The number of likely N-dealkylation sites (tertiary alicyclic amines) is 2. The minimum Gasteiger partial charge on any atom is -0.368 e. The molecule has 0 aromatic heterocycles. The van der Waals surface area contributed by atoms with Crippen LogP contribution >= 0.6 is 0 Å². The van der Waals surface area contributed by atoms with Gasteiger partial charge in [-0.3, -0.25) is 9.59 Å². The van der Waals surface area contributed by atoms with Crippen LogP contribution in [0.2, 0.25) is 0 Å². The van der Waals surface area contributed by atoms with E-state index < -0.39 is 0 Å². The maximum Gasteiger partial charge on any atom is 0.252 e. The third-order valence-electron chi connectivity index (χ3n) is 6.18. The highest BCUT2D eigenvalue weighted by molar-refractivity contribution is 5.90. The van der Waals surface area contributed by atoms with Gasteiger partial charge in [-0.1, -0.05) is 30.3 Å². The number of ether oxygens (including phenoxy) is 1. The van der Waals surface area contributed by atoms with Crippen molar-refractivity contribution in [2.75, 3.05) is 26.2 Å². The summed E-state index contributed by atoms with van der Waals surface area (Å²) in [6.45, 7) is 2.47. The van der Waals surface area contributed by atoms with Gasteiger partial charge in [0, 0.05) is 38.2 Å². The second-order valence-electron chi connectivity index (χ2n) is 7.97. The molecular weight excluding hydrogens is 342 g/mol. The fourth-order valence-corrected chi connectivity index (χ4v) is 4.68. The first-order valence-electron chi connectivity index (χ1n) is 10.2. The molecule has 0 spiro atoms. The van der Waals surface area contributed by atoms with E-state index in [9.17, 15) is 9.59 Å². The van der Waals surface area contributed by atoms with Crippen molar-refractivity contribution in [2.45, 2.75) is 56.2 Å². The lowest BCUT2D eigenvalue weighted by molar-refractivity contribution is -0.152. The first-order valence-corrected chi connectivity index (χ1v) is 10.2. The Morgan fingerprint density at radius 2 is 1.81 bits per heavy atom. The number of benzene rings is 1. The third kappa shape index (κ3) is 3.73. The van der Waals surface area contributed by atoms with E-state index in [1.165, 1.54) is 5.56 Å². The molecule has 0 radical (unpaired) electrons. The molecule has 3 fully saturated rings. The van der Waals surface area contributed by atoms with Crippen molar-refractivity contribution < 1.29 is 14.3 Å². The van der Waals surface area contributed by atoms with E-state index in [0.717, 1.165) is 32.1 Å². The van der Waals surface area contributed by atoms with Crippen molar-refractivity contribution in [1.82, 2.24) is 9.80 Å². The summed E-state index contributed by atoms with van der Waals surface area (Å²) in [6.07, 6.45) is 3.99. The van der Waals surface area contributed by atoms with Crippen LogP contribution in [0.4, 0.5) is 0 Å². The highest BCUT2D eigenvalue weighted by Crippen LogP contribution is 2.29. The normalized spacial score (nSPS) is 31.3. The topological polar surface area (TPSA) is 75.9 Å². The maximum absolute atomic E-state index is 13.3. The average Bonchev–Trinajstić information content (AvgIpc) is 3.37. The molecule has 146 valence electrons. The molecule has 2 amide bonds. The van der Waals surface area contributed by atoms with Gasteiger partial charge in [-0.05, 0) is 37.7 Å². The van der Waals surface area contributed by atoms with E-state index in [1.807, 2.05) is 23.1 Å². The fraction of sp³-hybridized carbons (Fsp3) is 0.619. The number of piperidine rings is 1. The average molecular weight is 371 g/mol. The molecule has 27 heavy (non-hydrogen) atoms. The van der Waals surface area contributed by atoms with E-state index >= 15 is 0 Å². The quantitative estimate of drug-likeness (QED) is 0.874. The second-order valence-corrected chi connectivity index (χ2v) is 7.97. The van der Waals surface area contributed by atoms with Crippen LogP contribution in [0.25, 0.3) is 0 Å². The van der Waals surface area contributed by atoms with E-state index in [1.54, 1.807) is 4.90 Å². The molecule has 3 aliphatic heterocycles. The Hall–Kier alpha value is -1.92. The van der Waals surface area contributed by atoms with Crippen molar-refractivity contribution in [3.05, 3.63) is 35.9 Å². The molecule has 2 N–H and O–H groups in total. The highest BCUT2D eigenvalue weighted by atomic mass is 16.5. The standard InChI is InChI=1S/C21H29N3O3/c22-17-14-23(13-16(17)15-7-2-1-3-8-15)20(25)18-9-4-5-11-24(18)21(26)19-10-6-12-27-19/h1-3,7-8,16-19H,4-6,9-14,22H2/t16-,17+,18?,19?/m0/s1. The van der Waals surface area contributed by atoms with Crippen LogP contribution in [-0.4, -0.2) is 66.0 Å². The van der Waals surface area contributed by atoms with Crippen LogP contribution in [0.1, 0.15) is 43.6 Å². The Morgan fingerprint density at radius 1 is 1.00 bits per heavy atom. The van der Waals surface area contributed by atoms with Gasteiger partial charge < -0.3 is 20.3 Å². The molecule has 1 aromatic carbocycles. The summed E-state index contributed by atoms with van der Waals surface area (Å²) < 4.78 is 5.58. The van der Waals surface area contributed by atoms with Crippen LogP contribution < -0.4 is 5.73 Å². The molecule has 6 nitrogen and oxygen atoms in total. The van der Waals surface area contributed by atoms with Crippen LogP contribution in [0.5, 0.6) is 0 Å². The van der Waals surface area contributed by atoms with Crippen LogP contribution in [0.15, 0.2) is 30.3 Å². The zero-order chi connectivity index (χ0) is 18.8. The summed E-state index contributed by atoms with van der Waals surface area (Å²) in [5.74, 6) is 0.199. The predicted octanol–water partition coefficient (Wildman–Crippen LogP) is 1.50. The minimum atomic E-state index is -0.365. The lowest BCUT2D eigenvalue weighted by atomic mass is 9.95. The van der Waals surface area contributed by atoms with E-state index in [-0.39, 0.29) is 35.9 Å². The molecule has 0 saturated carbocycles. The molecule has 4 atom stereocenters. The number of amides is 2. The first kappa shape index (κ1) is 18.4. The van der Waals surface area contributed by atoms with Gasteiger partial charge >= 0.3 is 0 Å². The number of carbonyl (C=O) groups is 2. The van der Waals surface area contributed by atoms with E-state index in [0.29, 0.717) is 26.2 Å². The molecule has 4 rings (SSSR count). The van der Waals surface area contributed by atoms with Crippen LogP contribution in [-0.2, 0) is 14.3 Å². The largest absolute Gasteiger partial charge is 0.368 e. The molecule has 3 aliphatic rings. The molecule has 3 saturated heterocycles. The Kier molecular flexibility index (Phi) is 5.45. The van der Waals surface area contributed by atoms with Gasteiger partial charge in [0.1, 0.15) is 12.1 Å². The van der Waals surface area contributed by atoms with Gasteiger partial charge in [0.2, 0.25) is 5.91 Å². The summed E-state index contributed by atoms with van der Waals surface area (Å²) in [7, 11) is 0. The number of nitrogens with zero attached hydrogens (tertiary/aromatic N) is 2. The number of carbonyl (C=O) groups excluding carboxylic acids is 2. The molecule has 1 aromatic rings. The van der Waals surface area contributed by atoms with Crippen molar-refractivity contribution in [1.29, 1.82) is 0 Å². The molecule has 0 aliphatic carbocycles. The first-order chi connectivity index (χ1) is 13.1. The monoisotopic (exact) mass is 371 g/mol. The Bertz CT molecular complexity index is 675. The van der Waals surface area contributed by atoms with Gasteiger partial charge in [-0.15, -0.1) is 0 Å². The zero-order valence-corrected chi connectivity index (χ0v) is 15.8. The van der Waals surface area contributed by atoms with Crippen LogP contribution in [0, 0.1) is 0 Å². The summed E-state index contributed by atoms with van der Waals surface area (Å²) >= 11 is 0.